The van der Waals surface area contributed by atoms with Crippen LogP contribution in [0.15, 0.2) is 29.0 Å². The number of hydrogen-bond acceptors (Lipinski definition) is 3. The van der Waals surface area contributed by atoms with Gasteiger partial charge in [0.05, 0.1) is 0 Å². The summed E-state index contributed by atoms with van der Waals surface area (Å²) in [6.07, 6.45) is 6.08. The summed E-state index contributed by atoms with van der Waals surface area (Å²) in [7, 11) is 0. The molecular formula is C12H14N2O. The molecule has 0 spiro atoms. The molecule has 78 valence electrons. The Hall–Kier alpha value is -1.35. The highest BCUT2D eigenvalue weighted by Crippen LogP contribution is 2.37. The minimum atomic E-state index is -0.138. The maximum Gasteiger partial charge on any atom is 0.181 e. The third-order valence-corrected chi connectivity index (χ3v) is 3.40. The van der Waals surface area contributed by atoms with E-state index in [0.29, 0.717) is 0 Å². The average molecular weight is 202 g/mol. The molecule has 1 heterocycles. The highest BCUT2D eigenvalue weighted by Gasteiger charge is 2.31. The van der Waals surface area contributed by atoms with Crippen LogP contribution >= 0.6 is 0 Å². The molecule has 1 fully saturated rings. The predicted octanol–water partition coefficient (Wildman–Crippen LogP) is 2.56. The zero-order valence-corrected chi connectivity index (χ0v) is 8.57. The second kappa shape index (κ2) is 3.07. The Labute approximate surface area is 88.3 Å². The number of fused-ring (bicyclic) bond motifs is 1. The van der Waals surface area contributed by atoms with E-state index < -0.39 is 0 Å². The van der Waals surface area contributed by atoms with Gasteiger partial charge in [-0.3, -0.25) is 0 Å². The van der Waals surface area contributed by atoms with Crippen LogP contribution in [-0.4, -0.2) is 4.98 Å². The summed E-state index contributed by atoms with van der Waals surface area (Å²) < 4.78 is 5.30. The van der Waals surface area contributed by atoms with Crippen molar-refractivity contribution in [2.24, 2.45) is 5.73 Å². The molecule has 1 aliphatic rings. The molecule has 0 radical (unpaired) electrons. The van der Waals surface area contributed by atoms with Crippen molar-refractivity contribution in [2.45, 2.75) is 31.2 Å². The molecule has 1 aromatic carbocycles. The summed E-state index contributed by atoms with van der Waals surface area (Å²) in [5, 5.41) is 0. The van der Waals surface area contributed by atoms with Crippen molar-refractivity contribution >= 4 is 11.1 Å². The van der Waals surface area contributed by atoms with Gasteiger partial charge in [-0.25, -0.2) is 4.98 Å². The van der Waals surface area contributed by atoms with E-state index in [2.05, 4.69) is 11.1 Å². The molecule has 1 aliphatic carbocycles. The van der Waals surface area contributed by atoms with Gasteiger partial charge in [0.15, 0.2) is 12.0 Å². The van der Waals surface area contributed by atoms with E-state index in [0.717, 1.165) is 23.9 Å². The zero-order valence-electron chi connectivity index (χ0n) is 8.57. The number of rotatable bonds is 1. The number of oxazole rings is 1. The lowest BCUT2D eigenvalue weighted by atomic mass is 9.89. The van der Waals surface area contributed by atoms with Crippen molar-refractivity contribution in [2.75, 3.05) is 0 Å². The van der Waals surface area contributed by atoms with Crippen LogP contribution in [0.2, 0.25) is 0 Å². The number of benzene rings is 1. The molecule has 0 saturated heterocycles. The first kappa shape index (κ1) is 8.92. The number of hydrogen-bond donors (Lipinski definition) is 1. The summed E-state index contributed by atoms with van der Waals surface area (Å²) >= 11 is 0. The molecule has 1 saturated carbocycles. The third-order valence-electron chi connectivity index (χ3n) is 3.40. The van der Waals surface area contributed by atoms with Crippen LogP contribution in [0, 0.1) is 0 Å². The van der Waals surface area contributed by atoms with Gasteiger partial charge in [-0.15, -0.1) is 0 Å². The number of nitrogens with zero attached hydrogens (tertiary/aromatic N) is 1. The average Bonchev–Trinajstić information content (AvgIpc) is 2.85. The normalized spacial score (nSPS) is 19.8. The van der Waals surface area contributed by atoms with Crippen LogP contribution in [-0.2, 0) is 5.54 Å². The van der Waals surface area contributed by atoms with Gasteiger partial charge >= 0.3 is 0 Å². The van der Waals surface area contributed by atoms with Crippen LogP contribution < -0.4 is 5.73 Å². The molecule has 0 bridgehead atoms. The van der Waals surface area contributed by atoms with Gasteiger partial charge < -0.3 is 10.2 Å². The molecule has 15 heavy (non-hydrogen) atoms. The van der Waals surface area contributed by atoms with Gasteiger partial charge in [0, 0.05) is 5.54 Å². The molecule has 3 nitrogen and oxygen atoms in total. The SMILES string of the molecule is NC1(c2ccc3ncoc3c2)CCCC1. The molecule has 1 aromatic heterocycles. The summed E-state index contributed by atoms with van der Waals surface area (Å²) in [5.74, 6) is 0. The van der Waals surface area contributed by atoms with Crippen LogP contribution in [0.5, 0.6) is 0 Å². The molecule has 0 atom stereocenters. The Kier molecular flexibility index (Phi) is 1.83. The van der Waals surface area contributed by atoms with Crippen LogP contribution in [0.1, 0.15) is 31.2 Å². The minimum Gasteiger partial charge on any atom is -0.443 e. The Balaban J connectivity index is 2.10. The van der Waals surface area contributed by atoms with Crippen molar-refractivity contribution in [3.05, 3.63) is 30.2 Å². The summed E-state index contributed by atoms with van der Waals surface area (Å²) in [4.78, 5) is 4.10. The Morgan fingerprint density at radius 1 is 1.27 bits per heavy atom. The maximum absolute atomic E-state index is 6.38. The molecule has 3 heteroatoms. The Bertz CT molecular complexity index is 483. The molecule has 0 amide bonds. The molecular weight excluding hydrogens is 188 g/mol. The molecule has 3 rings (SSSR count). The van der Waals surface area contributed by atoms with Gasteiger partial charge in [0.2, 0.25) is 0 Å². The third kappa shape index (κ3) is 1.35. The first-order valence-corrected chi connectivity index (χ1v) is 5.41. The summed E-state index contributed by atoms with van der Waals surface area (Å²) in [5.41, 5.74) is 9.16. The molecule has 2 aromatic rings. The van der Waals surface area contributed by atoms with E-state index >= 15 is 0 Å². The highest BCUT2D eigenvalue weighted by molar-refractivity contribution is 5.73. The fourth-order valence-electron chi connectivity index (χ4n) is 2.46. The van der Waals surface area contributed by atoms with Crippen LogP contribution in [0.25, 0.3) is 11.1 Å². The second-order valence-corrected chi connectivity index (χ2v) is 4.40. The highest BCUT2D eigenvalue weighted by atomic mass is 16.3. The second-order valence-electron chi connectivity index (χ2n) is 4.40. The van der Waals surface area contributed by atoms with E-state index in [1.165, 1.54) is 24.8 Å². The largest absolute Gasteiger partial charge is 0.443 e. The first-order chi connectivity index (χ1) is 7.28. The number of aromatic nitrogens is 1. The smallest absolute Gasteiger partial charge is 0.181 e. The predicted molar refractivity (Wildman–Crippen MR) is 58.3 cm³/mol. The van der Waals surface area contributed by atoms with Crippen molar-refractivity contribution in [3.63, 3.8) is 0 Å². The molecule has 2 N–H and O–H groups in total. The van der Waals surface area contributed by atoms with E-state index in [-0.39, 0.29) is 5.54 Å². The van der Waals surface area contributed by atoms with Crippen LogP contribution in [0.3, 0.4) is 0 Å². The van der Waals surface area contributed by atoms with Gasteiger partial charge in [0.1, 0.15) is 5.52 Å². The quantitative estimate of drug-likeness (QED) is 0.773. The van der Waals surface area contributed by atoms with Crippen molar-refractivity contribution in [1.29, 1.82) is 0 Å². The maximum atomic E-state index is 6.38. The molecule has 0 aliphatic heterocycles. The topological polar surface area (TPSA) is 52.0 Å². The van der Waals surface area contributed by atoms with Crippen molar-refractivity contribution in [3.8, 4) is 0 Å². The Morgan fingerprint density at radius 3 is 2.87 bits per heavy atom. The lowest BCUT2D eigenvalue weighted by molar-refractivity contribution is 0.461. The lowest BCUT2D eigenvalue weighted by Crippen LogP contribution is -2.32. The minimum absolute atomic E-state index is 0.138. The van der Waals surface area contributed by atoms with Gasteiger partial charge in [-0.2, -0.15) is 0 Å². The van der Waals surface area contributed by atoms with E-state index in [1.54, 1.807) is 0 Å². The zero-order chi connectivity index (χ0) is 10.3. The summed E-state index contributed by atoms with van der Waals surface area (Å²) in [6.45, 7) is 0. The van der Waals surface area contributed by atoms with Crippen molar-refractivity contribution in [1.82, 2.24) is 4.98 Å². The monoisotopic (exact) mass is 202 g/mol. The lowest BCUT2D eigenvalue weighted by Gasteiger charge is -2.23. The van der Waals surface area contributed by atoms with E-state index in [9.17, 15) is 0 Å². The number of nitrogens with two attached hydrogens (primary N) is 1. The fourth-order valence-corrected chi connectivity index (χ4v) is 2.46. The molecule has 0 unspecified atom stereocenters. The fraction of sp³-hybridized carbons (Fsp3) is 0.417. The van der Waals surface area contributed by atoms with E-state index in [4.69, 9.17) is 10.2 Å². The van der Waals surface area contributed by atoms with Gasteiger partial charge in [0.25, 0.3) is 0 Å². The summed E-state index contributed by atoms with van der Waals surface area (Å²) in [6, 6.07) is 6.10. The Morgan fingerprint density at radius 2 is 2.07 bits per heavy atom. The van der Waals surface area contributed by atoms with Gasteiger partial charge in [-0.1, -0.05) is 18.9 Å². The standard InChI is InChI=1S/C12H14N2O/c13-12(5-1-2-6-12)9-3-4-10-11(7-9)15-8-14-10/h3-4,7-8H,1-2,5-6,13H2. The van der Waals surface area contributed by atoms with Gasteiger partial charge in [-0.05, 0) is 30.5 Å². The van der Waals surface area contributed by atoms with Crippen molar-refractivity contribution < 1.29 is 4.42 Å². The van der Waals surface area contributed by atoms with Crippen LogP contribution in [0.4, 0.5) is 0 Å². The first-order valence-electron chi connectivity index (χ1n) is 5.41. The van der Waals surface area contributed by atoms with E-state index in [1.807, 2.05) is 12.1 Å².